The molecule has 20 heavy (non-hydrogen) atoms. The van der Waals surface area contributed by atoms with Gasteiger partial charge in [-0.15, -0.1) is 0 Å². The van der Waals surface area contributed by atoms with Crippen molar-refractivity contribution in [2.75, 3.05) is 26.8 Å². The molecule has 0 aromatic heterocycles. The topological polar surface area (TPSA) is 38.5 Å². The van der Waals surface area contributed by atoms with Gasteiger partial charge in [0, 0.05) is 31.3 Å². The fourth-order valence-corrected chi connectivity index (χ4v) is 2.94. The van der Waals surface area contributed by atoms with Crippen molar-refractivity contribution in [1.29, 1.82) is 0 Å². The number of hydrogen-bond donors (Lipinski definition) is 1. The SMILES string of the molecule is CN(C1CCOCC1)C(C)(CN)Cc1cccc(F)c1. The van der Waals surface area contributed by atoms with Gasteiger partial charge in [0.1, 0.15) is 5.82 Å². The molecule has 1 aliphatic rings. The van der Waals surface area contributed by atoms with Gasteiger partial charge in [-0.05, 0) is 50.9 Å². The molecule has 4 heteroatoms. The number of rotatable bonds is 5. The Labute approximate surface area is 120 Å². The average molecular weight is 280 g/mol. The summed E-state index contributed by atoms with van der Waals surface area (Å²) in [6, 6.07) is 7.30. The zero-order valence-electron chi connectivity index (χ0n) is 12.4. The lowest BCUT2D eigenvalue weighted by Gasteiger charge is -2.44. The third-order valence-electron chi connectivity index (χ3n) is 4.50. The predicted octanol–water partition coefficient (Wildman–Crippen LogP) is 2.20. The van der Waals surface area contributed by atoms with E-state index < -0.39 is 0 Å². The molecule has 0 aliphatic carbocycles. The number of nitrogens with zero attached hydrogens (tertiary/aromatic N) is 1. The minimum absolute atomic E-state index is 0.157. The van der Waals surface area contributed by atoms with Gasteiger partial charge < -0.3 is 10.5 Å². The highest BCUT2D eigenvalue weighted by Crippen LogP contribution is 2.25. The van der Waals surface area contributed by atoms with Crippen molar-refractivity contribution in [3.05, 3.63) is 35.6 Å². The molecule has 1 aliphatic heterocycles. The standard InChI is InChI=1S/C16H25FN2O/c1-16(12-18,11-13-4-3-5-14(17)10-13)19(2)15-6-8-20-9-7-15/h3-5,10,15H,6-9,11-12,18H2,1-2H3. The molecule has 0 amide bonds. The van der Waals surface area contributed by atoms with Crippen molar-refractivity contribution >= 4 is 0 Å². The quantitative estimate of drug-likeness (QED) is 0.898. The van der Waals surface area contributed by atoms with E-state index >= 15 is 0 Å². The van der Waals surface area contributed by atoms with Crippen LogP contribution in [0.15, 0.2) is 24.3 Å². The Morgan fingerprint density at radius 1 is 1.40 bits per heavy atom. The zero-order chi connectivity index (χ0) is 14.6. The summed E-state index contributed by atoms with van der Waals surface area (Å²) in [4.78, 5) is 2.36. The van der Waals surface area contributed by atoms with E-state index in [0.29, 0.717) is 12.6 Å². The highest BCUT2D eigenvalue weighted by molar-refractivity contribution is 5.19. The van der Waals surface area contributed by atoms with Crippen LogP contribution in [0.3, 0.4) is 0 Å². The van der Waals surface area contributed by atoms with Crippen LogP contribution in [-0.2, 0) is 11.2 Å². The van der Waals surface area contributed by atoms with E-state index in [1.807, 2.05) is 6.07 Å². The molecule has 1 fully saturated rings. The fourth-order valence-electron chi connectivity index (χ4n) is 2.94. The largest absolute Gasteiger partial charge is 0.381 e. The van der Waals surface area contributed by atoms with E-state index in [1.54, 1.807) is 12.1 Å². The summed E-state index contributed by atoms with van der Waals surface area (Å²) in [6.45, 7) is 4.34. The van der Waals surface area contributed by atoms with Crippen molar-refractivity contribution in [1.82, 2.24) is 4.90 Å². The Balaban J connectivity index is 2.10. The van der Waals surface area contributed by atoms with E-state index in [9.17, 15) is 4.39 Å². The Morgan fingerprint density at radius 2 is 2.10 bits per heavy atom. The molecule has 1 aromatic rings. The first-order chi connectivity index (χ1) is 9.55. The Bertz CT molecular complexity index is 434. The highest BCUT2D eigenvalue weighted by atomic mass is 19.1. The summed E-state index contributed by atoms with van der Waals surface area (Å²) in [6.07, 6.45) is 2.83. The zero-order valence-corrected chi connectivity index (χ0v) is 12.4. The van der Waals surface area contributed by atoms with Gasteiger partial charge in [-0.2, -0.15) is 0 Å². The molecule has 1 heterocycles. The number of halogens is 1. The predicted molar refractivity (Wildman–Crippen MR) is 79.2 cm³/mol. The maximum Gasteiger partial charge on any atom is 0.123 e. The van der Waals surface area contributed by atoms with E-state index in [4.69, 9.17) is 10.5 Å². The van der Waals surface area contributed by atoms with Crippen molar-refractivity contribution in [2.45, 2.75) is 37.8 Å². The van der Waals surface area contributed by atoms with Crippen LogP contribution >= 0.6 is 0 Å². The summed E-state index contributed by atoms with van der Waals surface area (Å²) in [5.74, 6) is -0.185. The van der Waals surface area contributed by atoms with Gasteiger partial charge in [0.25, 0.3) is 0 Å². The molecule has 1 saturated heterocycles. The summed E-state index contributed by atoms with van der Waals surface area (Å²) >= 11 is 0. The first-order valence-electron chi connectivity index (χ1n) is 7.30. The number of nitrogens with two attached hydrogens (primary N) is 1. The van der Waals surface area contributed by atoms with Crippen LogP contribution in [0.5, 0.6) is 0 Å². The number of hydrogen-bond acceptors (Lipinski definition) is 3. The molecule has 1 unspecified atom stereocenters. The number of benzene rings is 1. The summed E-state index contributed by atoms with van der Waals surface area (Å²) in [7, 11) is 2.13. The van der Waals surface area contributed by atoms with Crippen molar-refractivity contribution in [2.24, 2.45) is 5.73 Å². The third-order valence-corrected chi connectivity index (χ3v) is 4.50. The van der Waals surface area contributed by atoms with Gasteiger partial charge >= 0.3 is 0 Å². The van der Waals surface area contributed by atoms with Gasteiger partial charge in [-0.1, -0.05) is 12.1 Å². The summed E-state index contributed by atoms with van der Waals surface area (Å²) in [5.41, 5.74) is 6.87. The Hall–Kier alpha value is -0.970. The first-order valence-corrected chi connectivity index (χ1v) is 7.30. The normalized spacial score (nSPS) is 20.1. The van der Waals surface area contributed by atoms with Gasteiger partial charge in [0.15, 0.2) is 0 Å². The van der Waals surface area contributed by atoms with Crippen molar-refractivity contribution < 1.29 is 9.13 Å². The monoisotopic (exact) mass is 280 g/mol. The molecule has 0 bridgehead atoms. The second-order valence-corrected chi connectivity index (χ2v) is 5.96. The second-order valence-electron chi connectivity index (χ2n) is 5.96. The minimum Gasteiger partial charge on any atom is -0.381 e. The van der Waals surface area contributed by atoms with Gasteiger partial charge in [0.05, 0.1) is 0 Å². The average Bonchev–Trinajstić information content (AvgIpc) is 2.47. The van der Waals surface area contributed by atoms with Crippen LogP contribution in [0.2, 0.25) is 0 Å². The minimum atomic E-state index is -0.185. The maximum absolute atomic E-state index is 13.3. The van der Waals surface area contributed by atoms with E-state index in [1.165, 1.54) is 6.07 Å². The number of ether oxygens (including phenoxy) is 1. The smallest absolute Gasteiger partial charge is 0.123 e. The molecule has 0 spiro atoms. The van der Waals surface area contributed by atoms with Crippen LogP contribution in [0.25, 0.3) is 0 Å². The molecule has 3 nitrogen and oxygen atoms in total. The lowest BCUT2D eigenvalue weighted by molar-refractivity contribution is 0.00400. The molecule has 1 atom stereocenters. The molecule has 2 rings (SSSR count). The van der Waals surface area contributed by atoms with E-state index in [-0.39, 0.29) is 11.4 Å². The molecule has 0 saturated carbocycles. The third kappa shape index (κ3) is 3.57. The summed E-state index contributed by atoms with van der Waals surface area (Å²) in [5, 5.41) is 0. The molecule has 2 N–H and O–H groups in total. The van der Waals surface area contributed by atoms with E-state index in [2.05, 4.69) is 18.9 Å². The van der Waals surface area contributed by atoms with Crippen LogP contribution in [0, 0.1) is 5.82 Å². The second kappa shape index (κ2) is 6.66. The maximum atomic E-state index is 13.3. The number of likely N-dealkylation sites (N-methyl/N-ethyl adjacent to an activating group) is 1. The molecule has 1 aromatic carbocycles. The van der Waals surface area contributed by atoms with Crippen LogP contribution in [0.1, 0.15) is 25.3 Å². The van der Waals surface area contributed by atoms with Crippen LogP contribution in [0.4, 0.5) is 4.39 Å². The van der Waals surface area contributed by atoms with Gasteiger partial charge in [-0.25, -0.2) is 4.39 Å². The highest BCUT2D eigenvalue weighted by Gasteiger charge is 2.33. The first kappa shape index (κ1) is 15.4. The fraction of sp³-hybridized carbons (Fsp3) is 0.625. The lowest BCUT2D eigenvalue weighted by atomic mass is 9.88. The molecular weight excluding hydrogens is 255 g/mol. The van der Waals surface area contributed by atoms with Gasteiger partial charge in [-0.3, -0.25) is 4.90 Å². The Morgan fingerprint density at radius 3 is 2.70 bits per heavy atom. The van der Waals surface area contributed by atoms with Gasteiger partial charge in [0.2, 0.25) is 0 Å². The van der Waals surface area contributed by atoms with Crippen molar-refractivity contribution in [3.63, 3.8) is 0 Å². The Kier molecular flexibility index (Phi) is 5.13. The van der Waals surface area contributed by atoms with E-state index in [0.717, 1.165) is 38.0 Å². The summed E-state index contributed by atoms with van der Waals surface area (Å²) < 4.78 is 18.8. The van der Waals surface area contributed by atoms with Crippen LogP contribution in [-0.4, -0.2) is 43.3 Å². The van der Waals surface area contributed by atoms with Crippen LogP contribution < -0.4 is 5.73 Å². The lowest BCUT2D eigenvalue weighted by Crippen LogP contribution is -2.56. The van der Waals surface area contributed by atoms with Crippen molar-refractivity contribution in [3.8, 4) is 0 Å². The molecule has 0 radical (unpaired) electrons. The molecular formula is C16H25FN2O. The molecule has 112 valence electrons.